The predicted octanol–water partition coefficient (Wildman–Crippen LogP) is 13.1. The molecule has 1 amide bonds. The van der Waals surface area contributed by atoms with Crippen LogP contribution >= 0.6 is 0 Å². The Morgan fingerprint density at radius 3 is 1.13 bits per heavy atom. The third-order valence-corrected chi connectivity index (χ3v) is 11.4. The van der Waals surface area contributed by atoms with Gasteiger partial charge in [-0.1, -0.05) is 212 Å². The smallest absolute Gasteiger partial charge is 0.249 e. The van der Waals surface area contributed by atoms with Crippen molar-refractivity contribution < 1.29 is 25.2 Å². The average Bonchev–Trinajstić information content (AvgIpc) is 3.19. The van der Waals surface area contributed by atoms with Gasteiger partial charge in [-0.3, -0.25) is 4.79 Å². The Balaban J connectivity index is 3.53. The number of allylic oxidation sites excluding steroid dienone is 4. The standard InChI is InChI=1S/C49H95NO5/c1-3-5-7-9-11-13-14-15-16-17-18-19-20-21-22-23-24-25-26-27-28-29-30-31-32-33-34-35-37-39-41-43-47(53)49(55)50-45(44-51)48(54)46(52)42-40-38-36-12-10-8-6-4-2/h12,21-22,36,45-48,51-54H,3-11,13-20,23-35,37-44H2,1-2H3,(H,50,55)/b22-21-,36-12+. The van der Waals surface area contributed by atoms with E-state index < -0.39 is 36.9 Å². The van der Waals surface area contributed by atoms with Crippen molar-refractivity contribution >= 4 is 5.91 Å². The number of carbonyl (C=O) groups is 1. The van der Waals surface area contributed by atoms with E-state index >= 15 is 0 Å². The van der Waals surface area contributed by atoms with Crippen LogP contribution in [0.4, 0.5) is 0 Å². The van der Waals surface area contributed by atoms with E-state index in [2.05, 4.69) is 43.5 Å². The average molecular weight is 778 g/mol. The zero-order valence-corrected chi connectivity index (χ0v) is 36.7. The summed E-state index contributed by atoms with van der Waals surface area (Å²) in [4.78, 5) is 12.5. The summed E-state index contributed by atoms with van der Waals surface area (Å²) < 4.78 is 0. The van der Waals surface area contributed by atoms with Gasteiger partial charge in [-0.2, -0.15) is 0 Å². The van der Waals surface area contributed by atoms with Crippen LogP contribution in [-0.2, 0) is 4.79 Å². The summed E-state index contributed by atoms with van der Waals surface area (Å²) in [5.74, 6) is -0.594. The molecule has 0 spiro atoms. The molecule has 0 fully saturated rings. The fourth-order valence-corrected chi connectivity index (χ4v) is 7.52. The molecule has 0 saturated heterocycles. The highest BCUT2D eigenvalue weighted by Crippen LogP contribution is 2.16. The van der Waals surface area contributed by atoms with Gasteiger partial charge in [-0.15, -0.1) is 0 Å². The maximum Gasteiger partial charge on any atom is 0.249 e. The Kier molecular flexibility index (Phi) is 42.9. The lowest BCUT2D eigenvalue weighted by Crippen LogP contribution is -2.53. The second-order valence-corrected chi connectivity index (χ2v) is 16.8. The number of rotatable bonds is 44. The molecule has 0 aliphatic rings. The minimum absolute atomic E-state index is 0.365. The highest BCUT2D eigenvalue weighted by atomic mass is 16.3. The number of carbonyl (C=O) groups excluding carboxylic acids is 1. The zero-order valence-electron chi connectivity index (χ0n) is 36.7. The Morgan fingerprint density at radius 1 is 0.436 bits per heavy atom. The van der Waals surface area contributed by atoms with E-state index in [9.17, 15) is 25.2 Å². The molecule has 6 nitrogen and oxygen atoms in total. The fraction of sp³-hybridized carbons (Fsp3) is 0.898. The Hall–Kier alpha value is -1.21. The molecular weight excluding hydrogens is 683 g/mol. The van der Waals surface area contributed by atoms with Gasteiger partial charge in [0.1, 0.15) is 12.2 Å². The third-order valence-electron chi connectivity index (χ3n) is 11.4. The third kappa shape index (κ3) is 38.1. The van der Waals surface area contributed by atoms with Crippen LogP contribution in [0.2, 0.25) is 0 Å². The van der Waals surface area contributed by atoms with Gasteiger partial charge in [0.2, 0.25) is 5.91 Å². The van der Waals surface area contributed by atoms with Gasteiger partial charge in [-0.05, 0) is 64.2 Å². The summed E-state index contributed by atoms with van der Waals surface area (Å²) in [6.45, 7) is 3.98. The number of hydrogen-bond acceptors (Lipinski definition) is 5. The first-order valence-corrected chi connectivity index (χ1v) is 24.2. The number of unbranched alkanes of at least 4 members (excludes halogenated alkanes) is 31. The lowest BCUT2D eigenvalue weighted by molar-refractivity contribution is -0.132. The molecule has 326 valence electrons. The molecule has 0 heterocycles. The van der Waals surface area contributed by atoms with Gasteiger partial charge in [0, 0.05) is 0 Å². The molecule has 5 N–H and O–H groups in total. The van der Waals surface area contributed by atoms with Crippen LogP contribution in [0.1, 0.15) is 251 Å². The normalized spacial score (nSPS) is 14.2. The van der Waals surface area contributed by atoms with E-state index in [1.54, 1.807) is 0 Å². The molecule has 0 aromatic rings. The number of nitrogens with one attached hydrogen (secondary N) is 1. The van der Waals surface area contributed by atoms with E-state index in [1.807, 2.05) is 0 Å². The Labute approximate surface area is 342 Å². The highest BCUT2D eigenvalue weighted by molar-refractivity contribution is 5.80. The molecule has 0 aliphatic heterocycles. The maximum atomic E-state index is 12.5. The van der Waals surface area contributed by atoms with Crippen molar-refractivity contribution in [3.05, 3.63) is 24.3 Å². The molecule has 55 heavy (non-hydrogen) atoms. The van der Waals surface area contributed by atoms with Gasteiger partial charge in [0.15, 0.2) is 0 Å². The topological polar surface area (TPSA) is 110 Å². The van der Waals surface area contributed by atoms with Gasteiger partial charge in [0.05, 0.1) is 18.8 Å². The summed E-state index contributed by atoms with van der Waals surface area (Å²) in [7, 11) is 0. The van der Waals surface area contributed by atoms with Crippen molar-refractivity contribution in [3.63, 3.8) is 0 Å². The lowest BCUT2D eigenvalue weighted by Gasteiger charge is -2.27. The summed E-state index contributed by atoms with van der Waals surface area (Å²) >= 11 is 0. The molecule has 4 atom stereocenters. The Morgan fingerprint density at radius 2 is 0.745 bits per heavy atom. The van der Waals surface area contributed by atoms with Crippen molar-refractivity contribution in [2.75, 3.05) is 6.61 Å². The fourth-order valence-electron chi connectivity index (χ4n) is 7.52. The summed E-state index contributed by atoms with van der Waals surface area (Å²) in [6.07, 6.45) is 51.2. The molecule has 0 radical (unpaired) electrons. The van der Waals surface area contributed by atoms with Crippen molar-refractivity contribution in [1.82, 2.24) is 5.32 Å². The van der Waals surface area contributed by atoms with Crippen LogP contribution in [0, 0.1) is 0 Å². The van der Waals surface area contributed by atoms with E-state index in [0.717, 1.165) is 38.5 Å². The van der Waals surface area contributed by atoms with Crippen molar-refractivity contribution in [2.45, 2.75) is 276 Å². The largest absolute Gasteiger partial charge is 0.394 e. The van der Waals surface area contributed by atoms with Gasteiger partial charge in [-0.25, -0.2) is 0 Å². The summed E-state index contributed by atoms with van der Waals surface area (Å²) in [6, 6.07) is -0.997. The summed E-state index contributed by atoms with van der Waals surface area (Å²) in [5, 5.41) is 43.4. The van der Waals surface area contributed by atoms with E-state index in [4.69, 9.17) is 0 Å². The lowest BCUT2D eigenvalue weighted by atomic mass is 10.00. The second kappa shape index (κ2) is 43.9. The SMILES string of the molecule is CCCCC/C=C/CCCC(O)C(O)C(CO)NC(=O)C(O)CCCCCCCCCCCCCCCCC/C=C\CCCCCCCCCCCCCC. The first kappa shape index (κ1) is 53.8. The first-order valence-electron chi connectivity index (χ1n) is 24.2. The second-order valence-electron chi connectivity index (χ2n) is 16.8. The van der Waals surface area contributed by atoms with E-state index in [1.165, 1.54) is 186 Å². The number of amides is 1. The molecule has 6 heteroatoms. The van der Waals surface area contributed by atoms with Crippen LogP contribution in [0.3, 0.4) is 0 Å². The molecule has 0 aromatic carbocycles. The molecule has 0 bridgehead atoms. The zero-order chi connectivity index (χ0) is 40.3. The number of aliphatic hydroxyl groups excluding tert-OH is 4. The molecular formula is C49H95NO5. The predicted molar refractivity (Wildman–Crippen MR) is 237 cm³/mol. The van der Waals surface area contributed by atoms with Gasteiger partial charge >= 0.3 is 0 Å². The van der Waals surface area contributed by atoms with E-state index in [0.29, 0.717) is 12.8 Å². The first-order chi connectivity index (χ1) is 27.0. The van der Waals surface area contributed by atoms with Crippen molar-refractivity contribution in [1.29, 1.82) is 0 Å². The quantitative estimate of drug-likeness (QED) is 0.0313. The molecule has 0 aliphatic carbocycles. The van der Waals surface area contributed by atoms with Crippen LogP contribution in [0.15, 0.2) is 24.3 Å². The van der Waals surface area contributed by atoms with E-state index in [-0.39, 0.29) is 0 Å². The van der Waals surface area contributed by atoms with Crippen molar-refractivity contribution in [3.8, 4) is 0 Å². The van der Waals surface area contributed by atoms with Crippen LogP contribution in [-0.4, -0.2) is 57.3 Å². The van der Waals surface area contributed by atoms with Gasteiger partial charge < -0.3 is 25.7 Å². The van der Waals surface area contributed by atoms with Crippen molar-refractivity contribution in [2.24, 2.45) is 0 Å². The Bertz CT molecular complexity index is 832. The number of aliphatic hydroxyl groups is 4. The maximum absolute atomic E-state index is 12.5. The molecule has 0 saturated carbocycles. The number of hydrogen-bond donors (Lipinski definition) is 5. The van der Waals surface area contributed by atoms with Gasteiger partial charge in [0.25, 0.3) is 0 Å². The minimum Gasteiger partial charge on any atom is -0.394 e. The highest BCUT2D eigenvalue weighted by Gasteiger charge is 2.28. The molecule has 0 rings (SSSR count). The van der Waals surface area contributed by atoms with Crippen LogP contribution < -0.4 is 5.32 Å². The van der Waals surface area contributed by atoms with Crippen LogP contribution in [0.25, 0.3) is 0 Å². The summed E-state index contributed by atoms with van der Waals surface area (Å²) in [5.41, 5.74) is 0. The van der Waals surface area contributed by atoms with Crippen LogP contribution in [0.5, 0.6) is 0 Å². The monoisotopic (exact) mass is 778 g/mol. The molecule has 0 aromatic heterocycles. The molecule has 4 unspecified atom stereocenters. The minimum atomic E-state index is -1.28.